The number of amides is 1. The number of aliphatic hydroxyl groups excluding tert-OH is 1. The Kier molecular flexibility index (Phi) is 5.22. The maximum absolute atomic E-state index is 13.6. The van der Waals surface area contributed by atoms with E-state index in [1.165, 1.54) is 13.0 Å². The van der Waals surface area contributed by atoms with Gasteiger partial charge in [-0.2, -0.15) is 0 Å². The van der Waals surface area contributed by atoms with Gasteiger partial charge in [0.2, 0.25) is 0 Å². The fourth-order valence-electron chi connectivity index (χ4n) is 1.60. The van der Waals surface area contributed by atoms with Crippen LogP contribution in [0.4, 0.5) is 8.78 Å². The summed E-state index contributed by atoms with van der Waals surface area (Å²) in [6.45, 7) is 3.34. The highest BCUT2D eigenvalue weighted by Gasteiger charge is 2.19. The predicted molar refractivity (Wildman–Crippen MR) is 64.3 cm³/mol. The first kappa shape index (κ1) is 14.6. The molecule has 0 aliphatic carbocycles. The van der Waals surface area contributed by atoms with Gasteiger partial charge in [0, 0.05) is 6.54 Å². The highest BCUT2D eigenvalue weighted by molar-refractivity contribution is 5.95. The Morgan fingerprint density at radius 2 is 2.11 bits per heavy atom. The Morgan fingerprint density at radius 1 is 1.44 bits per heavy atom. The number of hydrogen-bond acceptors (Lipinski definition) is 2. The van der Waals surface area contributed by atoms with Crippen LogP contribution in [0.5, 0.6) is 0 Å². The van der Waals surface area contributed by atoms with E-state index < -0.39 is 29.2 Å². The second-order valence-electron chi connectivity index (χ2n) is 4.21. The van der Waals surface area contributed by atoms with Gasteiger partial charge in [0.05, 0.1) is 6.10 Å². The minimum atomic E-state index is -0.902. The van der Waals surface area contributed by atoms with E-state index in [4.69, 9.17) is 0 Å². The van der Waals surface area contributed by atoms with Gasteiger partial charge < -0.3 is 10.4 Å². The lowest BCUT2D eigenvalue weighted by molar-refractivity contribution is 0.0901. The van der Waals surface area contributed by atoms with E-state index in [0.29, 0.717) is 6.42 Å². The Morgan fingerprint density at radius 3 is 2.72 bits per heavy atom. The normalized spacial score (nSPS) is 12.3. The molecule has 0 aromatic heterocycles. The first-order chi connectivity index (χ1) is 8.47. The molecule has 0 heterocycles. The molecule has 1 unspecified atom stereocenters. The fourth-order valence-corrected chi connectivity index (χ4v) is 1.60. The molecule has 1 rings (SSSR count). The van der Waals surface area contributed by atoms with Crippen molar-refractivity contribution in [2.24, 2.45) is 0 Å². The third-order valence-electron chi connectivity index (χ3n) is 2.63. The van der Waals surface area contributed by atoms with Gasteiger partial charge in [-0.3, -0.25) is 4.79 Å². The molecule has 0 bridgehead atoms. The number of aliphatic hydroxyl groups is 1. The minimum absolute atomic E-state index is 0.0144. The van der Waals surface area contributed by atoms with Gasteiger partial charge in [-0.15, -0.1) is 0 Å². The van der Waals surface area contributed by atoms with Crippen molar-refractivity contribution in [2.75, 3.05) is 6.54 Å². The van der Waals surface area contributed by atoms with Gasteiger partial charge in [-0.1, -0.05) is 19.4 Å². The van der Waals surface area contributed by atoms with E-state index in [-0.39, 0.29) is 12.1 Å². The van der Waals surface area contributed by atoms with Crippen LogP contribution in [-0.2, 0) is 0 Å². The van der Waals surface area contributed by atoms with E-state index in [1.807, 2.05) is 6.92 Å². The summed E-state index contributed by atoms with van der Waals surface area (Å²) in [5.41, 5.74) is -0.394. The molecule has 1 aromatic carbocycles. The third-order valence-corrected chi connectivity index (χ3v) is 2.63. The highest BCUT2D eigenvalue weighted by atomic mass is 19.1. The largest absolute Gasteiger partial charge is 0.391 e. The molecule has 0 saturated carbocycles. The summed E-state index contributed by atoms with van der Waals surface area (Å²) in [7, 11) is 0. The van der Waals surface area contributed by atoms with Gasteiger partial charge in [0.15, 0.2) is 0 Å². The van der Waals surface area contributed by atoms with Gasteiger partial charge in [-0.05, 0) is 25.0 Å². The van der Waals surface area contributed by atoms with Gasteiger partial charge in [0.1, 0.15) is 17.2 Å². The van der Waals surface area contributed by atoms with E-state index in [0.717, 1.165) is 12.5 Å². The third kappa shape index (κ3) is 3.50. The summed E-state index contributed by atoms with van der Waals surface area (Å²) in [6.07, 6.45) is 0.596. The number of carbonyl (C=O) groups excluding carboxylic acids is 1. The zero-order valence-electron chi connectivity index (χ0n) is 10.5. The quantitative estimate of drug-likeness (QED) is 0.849. The molecule has 100 valence electrons. The van der Waals surface area contributed by atoms with Crippen molar-refractivity contribution in [2.45, 2.75) is 32.8 Å². The number of halogens is 2. The zero-order chi connectivity index (χ0) is 13.7. The smallest absolute Gasteiger partial charge is 0.257 e. The molecule has 18 heavy (non-hydrogen) atoms. The Bertz CT molecular complexity index is 435. The van der Waals surface area contributed by atoms with Crippen molar-refractivity contribution in [1.82, 2.24) is 5.32 Å². The molecular weight excluding hydrogens is 240 g/mol. The molecule has 1 atom stereocenters. The van der Waals surface area contributed by atoms with Crippen molar-refractivity contribution < 1.29 is 18.7 Å². The molecule has 0 spiro atoms. The van der Waals surface area contributed by atoms with Crippen LogP contribution in [0, 0.1) is 18.6 Å². The number of aryl methyl sites for hydroxylation is 1. The number of carbonyl (C=O) groups is 1. The summed E-state index contributed by atoms with van der Waals surface area (Å²) in [5, 5.41) is 11.8. The maximum atomic E-state index is 13.6. The monoisotopic (exact) mass is 257 g/mol. The van der Waals surface area contributed by atoms with E-state index in [1.54, 1.807) is 0 Å². The van der Waals surface area contributed by atoms with Crippen molar-refractivity contribution >= 4 is 5.91 Å². The van der Waals surface area contributed by atoms with Crippen LogP contribution >= 0.6 is 0 Å². The highest BCUT2D eigenvalue weighted by Crippen LogP contribution is 2.16. The second-order valence-corrected chi connectivity index (χ2v) is 4.21. The number of hydrogen-bond donors (Lipinski definition) is 2. The molecule has 0 fully saturated rings. The van der Waals surface area contributed by atoms with Crippen LogP contribution in [0.15, 0.2) is 12.1 Å². The second kappa shape index (κ2) is 6.44. The van der Waals surface area contributed by atoms with Crippen LogP contribution in [0.2, 0.25) is 0 Å². The molecule has 1 amide bonds. The lowest BCUT2D eigenvalue weighted by atomic mass is 10.1. The Balaban J connectivity index is 2.76. The predicted octanol–water partition coefficient (Wildman–Crippen LogP) is 2.16. The molecule has 0 aliphatic heterocycles. The van der Waals surface area contributed by atoms with Crippen molar-refractivity contribution in [1.29, 1.82) is 0 Å². The van der Waals surface area contributed by atoms with Crippen molar-refractivity contribution in [3.05, 3.63) is 34.9 Å². The average Bonchev–Trinajstić information content (AvgIpc) is 2.32. The van der Waals surface area contributed by atoms with Crippen LogP contribution in [0.3, 0.4) is 0 Å². The van der Waals surface area contributed by atoms with Crippen molar-refractivity contribution in [3.8, 4) is 0 Å². The fraction of sp³-hybridized carbons (Fsp3) is 0.462. The van der Waals surface area contributed by atoms with Crippen molar-refractivity contribution in [3.63, 3.8) is 0 Å². The first-order valence-corrected chi connectivity index (χ1v) is 5.88. The Labute approximate surface area is 105 Å². The molecular formula is C13H17F2NO2. The van der Waals surface area contributed by atoms with E-state index in [2.05, 4.69) is 5.32 Å². The summed E-state index contributed by atoms with van der Waals surface area (Å²) >= 11 is 0. The van der Waals surface area contributed by atoms with Crippen LogP contribution in [0.25, 0.3) is 0 Å². The molecule has 0 aliphatic rings. The van der Waals surface area contributed by atoms with Crippen LogP contribution < -0.4 is 5.32 Å². The zero-order valence-corrected chi connectivity index (χ0v) is 10.5. The molecule has 5 heteroatoms. The lowest BCUT2D eigenvalue weighted by Crippen LogP contribution is -2.33. The summed E-state index contributed by atoms with van der Waals surface area (Å²) in [4.78, 5) is 11.6. The van der Waals surface area contributed by atoms with Gasteiger partial charge in [0.25, 0.3) is 5.91 Å². The summed E-state index contributed by atoms with van der Waals surface area (Å²) < 4.78 is 27.0. The van der Waals surface area contributed by atoms with E-state index >= 15 is 0 Å². The molecule has 0 radical (unpaired) electrons. The number of rotatable bonds is 5. The molecule has 2 N–H and O–H groups in total. The molecule has 0 saturated heterocycles. The minimum Gasteiger partial charge on any atom is -0.391 e. The van der Waals surface area contributed by atoms with E-state index in [9.17, 15) is 18.7 Å². The van der Waals surface area contributed by atoms with Crippen LogP contribution in [-0.4, -0.2) is 23.7 Å². The maximum Gasteiger partial charge on any atom is 0.257 e. The first-order valence-electron chi connectivity index (χ1n) is 5.88. The SMILES string of the molecule is CCCC(O)CNC(=O)c1c(F)ccc(C)c1F. The molecule has 3 nitrogen and oxygen atoms in total. The average molecular weight is 257 g/mol. The number of nitrogens with one attached hydrogen (secondary N) is 1. The van der Waals surface area contributed by atoms with Crippen LogP contribution in [0.1, 0.15) is 35.7 Å². The Hall–Kier alpha value is -1.49. The standard InChI is InChI=1S/C13H17F2NO2/c1-3-4-9(17)7-16-13(18)11-10(14)6-5-8(2)12(11)15/h5-6,9,17H,3-4,7H2,1-2H3,(H,16,18). The number of benzene rings is 1. The summed E-state index contributed by atoms with van der Waals surface area (Å²) in [6, 6.07) is 2.32. The topological polar surface area (TPSA) is 49.3 Å². The molecule has 1 aromatic rings. The van der Waals surface area contributed by atoms with Gasteiger partial charge >= 0.3 is 0 Å². The van der Waals surface area contributed by atoms with Gasteiger partial charge in [-0.25, -0.2) is 8.78 Å². The summed E-state index contributed by atoms with van der Waals surface area (Å²) in [5.74, 6) is -2.61. The lowest BCUT2D eigenvalue weighted by Gasteiger charge is -2.12.